The summed E-state index contributed by atoms with van der Waals surface area (Å²) in [6.07, 6.45) is 5.09. The van der Waals surface area contributed by atoms with Crippen LogP contribution in [0.15, 0.2) is 6.07 Å². The van der Waals surface area contributed by atoms with Gasteiger partial charge in [0.05, 0.1) is 0 Å². The fourth-order valence-corrected chi connectivity index (χ4v) is 4.09. The molecule has 3 heteroatoms. The highest BCUT2D eigenvalue weighted by Crippen LogP contribution is 2.52. The van der Waals surface area contributed by atoms with Gasteiger partial charge in [0.25, 0.3) is 0 Å². The second kappa shape index (κ2) is 2.83. The zero-order chi connectivity index (χ0) is 9.71. The third-order valence-electron chi connectivity index (χ3n) is 3.54. The molecule has 14 heavy (non-hydrogen) atoms. The zero-order valence-electron chi connectivity index (χ0n) is 7.82. The van der Waals surface area contributed by atoms with Crippen LogP contribution in [-0.2, 0) is 0 Å². The highest BCUT2D eigenvalue weighted by molar-refractivity contribution is 7.14. The summed E-state index contributed by atoms with van der Waals surface area (Å²) >= 11 is 1.51. The van der Waals surface area contributed by atoms with E-state index in [1.165, 1.54) is 47.5 Å². The minimum atomic E-state index is -0.760. The van der Waals surface area contributed by atoms with Gasteiger partial charge in [-0.1, -0.05) is 0 Å². The predicted octanol–water partition coefficient (Wildman–Crippen LogP) is 3.20. The molecule has 1 aromatic rings. The molecule has 74 valence electrons. The van der Waals surface area contributed by atoms with Crippen LogP contribution in [0.5, 0.6) is 0 Å². The molecular formula is C11H12O2S. The Bertz CT molecular complexity index is 356. The van der Waals surface area contributed by atoms with Crippen molar-refractivity contribution < 1.29 is 9.90 Å². The maximum absolute atomic E-state index is 10.9. The van der Waals surface area contributed by atoms with Crippen molar-refractivity contribution in [2.24, 2.45) is 0 Å². The Morgan fingerprint density at radius 3 is 2.50 bits per heavy atom. The molecule has 1 N–H and O–H groups in total. The summed E-state index contributed by atoms with van der Waals surface area (Å²) in [5.41, 5.74) is 1.36. The first-order valence-electron chi connectivity index (χ1n) is 5.12. The first kappa shape index (κ1) is 8.48. The van der Waals surface area contributed by atoms with E-state index in [0.717, 1.165) is 0 Å². The van der Waals surface area contributed by atoms with E-state index in [1.54, 1.807) is 0 Å². The number of hydrogen-bond acceptors (Lipinski definition) is 2. The Hall–Kier alpha value is -0.830. The third-order valence-corrected chi connectivity index (χ3v) is 4.84. The lowest BCUT2D eigenvalue weighted by Gasteiger charge is -2.35. The summed E-state index contributed by atoms with van der Waals surface area (Å²) < 4.78 is 0. The largest absolute Gasteiger partial charge is 0.477 e. The molecule has 3 aliphatic carbocycles. The predicted molar refractivity (Wildman–Crippen MR) is 55.2 cm³/mol. The molecule has 1 heterocycles. The van der Waals surface area contributed by atoms with Gasteiger partial charge < -0.3 is 5.11 Å². The van der Waals surface area contributed by atoms with Crippen LogP contribution in [0.4, 0.5) is 0 Å². The second-order valence-corrected chi connectivity index (χ2v) is 5.37. The topological polar surface area (TPSA) is 37.3 Å². The third kappa shape index (κ3) is 1.05. The number of fused-ring (bicyclic) bond motifs is 2. The molecule has 3 aliphatic rings. The lowest BCUT2D eigenvalue weighted by Crippen LogP contribution is -2.19. The second-order valence-electron chi connectivity index (χ2n) is 4.28. The molecule has 0 radical (unpaired) electrons. The molecule has 1 aromatic heterocycles. The first-order valence-corrected chi connectivity index (χ1v) is 5.94. The molecule has 2 nitrogen and oxygen atoms in total. The maximum atomic E-state index is 10.9. The van der Waals surface area contributed by atoms with Crippen molar-refractivity contribution in [1.29, 1.82) is 0 Å². The van der Waals surface area contributed by atoms with E-state index in [9.17, 15) is 4.79 Å². The lowest BCUT2D eigenvalue weighted by atomic mass is 9.71. The number of hydrogen-bond donors (Lipinski definition) is 1. The highest BCUT2D eigenvalue weighted by Gasteiger charge is 2.35. The Kier molecular flexibility index (Phi) is 1.71. The standard InChI is InChI=1S/C11H12O2S/c12-11(13)9-5-8-6-1-3-7(4-2-6)10(8)14-9/h5-7H,1-4H2,(H,12,13). The monoisotopic (exact) mass is 208 g/mol. The van der Waals surface area contributed by atoms with E-state index in [1.807, 2.05) is 6.07 Å². The fraction of sp³-hybridized carbons (Fsp3) is 0.545. The van der Waals surface area contributed by atoms with Crippen LogP contribution in [-0.4, -0.2) is 11.1 Å². The minimum absolute atomic E-state index is 0.536. The van der Waals surface area contributed by atoms with Crippen LogP contribution in [0, 0.1) is 0 Å². The molecular weight excluding hydrogens is 196 g/mol. The van der Waals surface area contributed by atoms with Crippen LogP contribution < -0.4 is 0 Å². The van der Waals surface area contributed by atoms with E-state index >= 15 is 0 Å². The van der Waals surface area contributed by atoms with Crippen molar-refractivity contribution >= 4 is 17.3 Å². The van der Waals surface area contributed by atoms with Crippen LogP contribution in [0.3, 0.4) is 0 Å². The molecule has 1 fully saturated rings. The van der Waals surface area contributed by atoms with Crippen molar-refractivity contribution in [1.82, 2.24) is 0 Å². The normalized spacial score (nSPS) is 28.9. The Balaban J connectivity index is 2.11. The molecule has 0 atom stereocenters. The minimum Gasteiger partial charge on any atom is -0.477 e. The van der Waals surface area contributed by atoms with Crippen molar-refractivity contribution in [2.45, 2.75) is 37.5 Å². The fourth-order valence-electron chi connectivity index (χ4n) is 2.83. The molecule has 0 aromatic carbocycles. The molecule has 2 bridgehead atoms. The number of rotatable bonds is 1. The average Bonchev–Trinajstić information content (AvgIpc) is 2.65. The molecule has 0 spiro atoms. The zero-order valence-corrected chi connectivity index (χ0v) is 8.64. The molecule has 0 saturated heterocycles. The molecule has 0 unspecified atom stereocenters. The Morgan fingerprint density at radius 2 is 1.93 bits per heavy atom. The van der Waals surface area contributed by atoms with Gasteiger partial charge in [0.15, 0.2) is 0 Å². The van der Waals surface area contributed by atoms with E-state index in [4.69, 9.17) is 5.11 Å². The first-order chi connectivity index (χ1) is 6.75. The highest BCUT2D eigenvalue weighted by atomic mass is 32.1. The molecule has 1 saturated carbocycles. The van der Waals surface area contributed by atoms with Crippen LogP contribution >= 0.6 is 11.3 Å². The van der Waals surface area contributed by atoms with Gasteiger partial charge >= 0.3 is 5.97 Å². The Morgan fingerprint density at radius 1 is 1.29 bits per heavy atom. The number of carbonyl (C=O) groups is 1. The molecule has 4 rings (SSSR count). The lowest BCUT2D eigenvalue weighted by molar-refractivity contribution is 0.0702. The van der Waals surface area contributed by atoms with E-state index in [0.29, 0.717) is 16.7 Å². The van der Waals surface area contributed by atoms with E-state index < -0.39 is 5.97 Å². The van der Waals surface area contributed by atoms with Gasteiger partial charge in [0.1, 0.15) is 4.88 Å². The van der Waals surface area contributed by atoms with Crippen LogP contribution in [0.2, 0.25) is 0 Å². The number of carboxylic acids is 1. The molecule has 0 amide bonds. The number of thiophene rings is 1. The van der Waals surface area contributed by atoms with Gasteiger partial charge in [-0.25, -0.2) is 4.79 Å². The summed E-state index contributed by atoms with van der Waals surface area (Å²) in [7, 11) is 0. The summed E-state index contributed by atoms with van der Waals surface area (Å²) in [6, 6.07) is 1.92. The summed E-state index contributed by atoms with van der Waals surface area (Å²) in [5.74, 6) is 0.580. The molecule has 0 aliphatic heterocycles. The van der Waals surface area contributed by atoms with E-state index in [2.05, 4.69) is 0 Å². The van der Waals surface area contributed by atoms with Gasteiger partial charge in [-0.3, -0.25) is 0 Å². The summed E-state index contributed by atoms with van der Waals surface area (Å²) in [5, 5.41) is 8.94. The van der Waals surface area contributed by atoms with Gasteiger partial charge in [-0.2, -0.15) is 0 Å². The van der Waals surface area contributed by atoms with Gasteiger partial charge in [0.2, 0.25) is 0 Å². The van der Waals surface area contributed by atoms with Crippen LogP contribution in [0.1, 0.15) is 57.6 Å². The van der Waals surface area contributed by atoms with Gasteiger partial charge in [-0.05, 0) is 49.1 Å². The van der Waals surface area contributed by atoms with Crippen molar-refractivity contribution in [3.05, 3.63) is 21.4 Å². The smallest absolute Gasteiger partial charge is 0.345 e. The van der Waals surface area contributed by atoms with Crippen molar-refractivity contribution in [3.8, 4) is 0 Å². The van der Waals surface area contributed by atoms with Crippen molar-refractivity contribution in [3.63, 3.8) is 0 Å². The summed E-state index contributed by atoms with van der Waals surface area (Å²) in [6.45, 7) is 0. The quantitative estimate of drug-likeness (QED) is 0.769. The maximum Gasteiger partial charge on any atom is 0.345 e. The average molecular weight is 208 g/mol. The van der Waals surface area contributed by atoms with Crippen molar-refractivity contribution in [2.75, 3.05) is 0 Å². The van der Waals surface area contributed by atoms with E-state index in [-0.39, 0.29) is 0 Å². The van der Waals surface area contributed by atoms with Gasteiger partial charge in [-0.15, -0.1) is 11.3 Å². The number of aromatic carboxylic acids is 1. The summed E-state index contributed by atoms with van der Waals surface area (Å²) in [4.78, 5) is 12.8. The number of carboxylic acid groups (broad SMARTS) is 1. The van der Waals surface area contributed by atoms with Gasteiger partial charge in [0, 0.05) is 4.88 Å². The van der Waals surface area contributed by atoms with Crippen LogP contribution in [0.25, 0.3) is 0 Å². The Labute approximate surface area is 86.6 Å². The SMILES string of the molecule is O=C(O)c1cc2c(s1)C1CCC2CC1.